The predicted molar refractivity (Wildman–Crippen MR) is 98.0 cm³/mol. The second kappa shape index (κ2) is 6.24. The van der Waals surface area contributed by atoms with Gasteiger partial charge in [0.2, 0.25) is 0 Å². The zero-order valence-electron chi connectivity index (χ0n) is 14.1. The molecule has 5 heteroatoms. The highest BCUT2D eigenvalue weighted by Crippen LogP contribution is 2.52. The molecule has 0 N–H and O–H groups in total. The minimum atomic E-state index is 0.189. The normalized spacial score (nSPS) is 28.8. The lowest BCUT2D eigenvalue weighted by molar-refractivity contribution is 0.00482. The highest BCUT2D eigenvalue weighted by Gasteiger charge is 2.49. The fourth-order valence-corrected chi connectivity index (χ4v) is 5.51. The van der Waals surface area contributed by atoms with Crippen LogP contribution >= 0.6 is 11.3 Å². The summed E-state index contributed by atoms with van der Waals surface area (Å²) in [5.41, 5.74) is 3.76. The maximum atomic E-state index is 12.8. The molecule has 4 nitrogen and oxygen atoms in total. The second-order valence-electron chi connectivity index (χ2n) is 7.21. The van der Waals surface area contributed by atoms with Gasteiger partial charge in [-0.05, 0) is 22.6 Å². The van der Waals surface area contributed by atoms with Gasteiger partial charge in [0, 0.05) is 49.4 Å². The number of rotatable bonds is 2. The molecule has 1 aromatic carbocycles. The topological polar surface area (TPSA) is 32.8 Å². The Bertz CT molecular complexity index is 770. The van der Waals surface area contributed by atoms with Gasteiger partial charge in [-0.2, -0.15) is 11.3 Å². The number of morpholine rings is 1. The number of carbonyl (C=O) groups excluding carboxylic acids is 1. The van der Waals surface area contributed by atoms with Crippen molar-refractivity contribution in [3.05, 3.63) is 57.8 Å². The molecule has 3 heterocycles. The van der Waals surface area contributed by atoms with Crippen LogP contribution in [0.5, 0.6) is 0 Å². The summed E-state index contributed by atoms with van der Waals surface area (Å²) < 4.78 is 5.56. The van der Waals surface area contributed by atoms with Crippen LogP contribution in [0.3, 0.4) is 0 Å². The van der Waals surface area contributed by atoms with Crippen LogP contribution in [-0.2, 0) is 4.74 Å². The van der Waals surface area contributed by atoms with Gasteiger partial charge in [0.15, 0.2) is 0 Å². The van der Waals surface area contributed by atoms with E-state index in [0.717, 1.165) is 45.0 Å². The number of amides is 1. The SMILES string of the molecule is O=C(c1ccsc1)N1C[C@H]2[C@@H](C1)c1ccccc1[C@@H]2N1CCOCC1. The van der Waals surface area contributed by atoms with E-state index in [2.05, 4.69) is 34.1 Å². The molecule has 0 bridgehead atoms. The van der Waals surface area contributed by atoms with Crippen molar-refractivity contribution in [1.82, 2.24) is 9.80 Å². The number of nitrogens with zero attached hydrogens (tertiary/aromatic N) is 2. The highest BCUT2D eigenvalue weighted by atomic mass is 32.1. The Morgan fingerprint density at radius 1 is 1.08 bits per heavy atom. The maximum Gasteiger partial charge on any atom is 0.254 e. The third kappa shape index (κ3) is 2.53. The van der Waals surface area contributed by atoms with Crippen molar-refractivity contribution in [1.29, 1.82) is 0 Å². The van der Waals surface area contributed by atoms with Crippen molar-refractivity contribution in [3.8, 4) is 0 Å². The quantitative estimate of drug-likeness (QED) is 0.831. The van der Waals surface area contributed by atoms with Gasteiger partial charge in [0.05, 0.1) is 18.8 Å². The lowest BCUT2D eigenvalue weighted by atomic mass is 9.93. The van der Waals surface area contributed by atoms with E-state index in [0.29, 0.717) is 17.9 Å². The standard InChI is InChI=1S/C20H22N2O2S/c23-20(14-5-10-25-13-14)22-11-17-15-3-1-2-4-16(15)19(18(17)12-22)21-6-8-24-9-7-21/h1-5,10,13,17-19H,6-9,11-12H2/t17-,18-,19-/m0/s1. The van der Waals surface area contributed by atoms with Crippen LogP contribution in [0.1, 0.15) is 33.4 Å². The van der Waals surface area contributed by atoms with Crippen molar-refractivity contribution in [2.75, 3.05) is 39.4 Å². The van der Waals surface area contributed by atoms with Crippen LogP contribution in [0.4, 0.5) is 0 Å². The lowest BCUT2D eigenvalue weighted by Gasteiger charge is -2.36. The van der Waals surface area contributed by atoms with Crippen LogP contribution in [0.25, 0.3) is 0 Å². The van der Waals surface area contributed by atoms with Crippen molar-refractivity contribution >= 4 is 17.2 Å². The Labute approximate surface area is 152 Å². The molecule has 0 spiro atoms. The highest BCUT2D eigenvalue weighted by molar-refractivity contribution is 7.08. The van der Waals surface area contributed by atoms with E-state index in [1.807, 2.05) is 16.8 Å². The average molecular weight is 354 g/mol. The van der Waals surface area contributed by atoms with Crippen molar-refractivity contribution in [2.24, 2.45) is 5.92 Å². The number of ether oxygens (including phenoxy) is 1. The number of benzene rings is 1. The summed E-state index contributed by atoms with van der Waals surface area (Å²) in [4.78, 5) is 17.5. The van der Waals surface area contributed by atoms with E-state index in [-0.39, 0.29) is 5.91 Å². The molecule has 2 aromatic rings. The van der Waals surface area contributed by atoms with Gasteiger partial charge < -0.3 is 9.64 Å². The molecule has 3 atom stereocenters. The predicted octanol–water partition coefficient (Wildman–Crippen LogP) is 2.99. The van der Waals surface area contributed by atoms with Gasteiger partial charge in [-0.3, -0.25) is 9.69 Å². The molecule has 2 aliphatic heterocycles. The molecule has 25 heavy (non-hydrogen) atoms. The summed E-state index contributed by atoms with van der Waals surface area (Å²) in [6, 6.07) is 11.2. The first-order valence-electron chi connectivity index (χ1n) is 9.05. The van der Waals surface area contributed by atoms with Gasteiger partial charge in [-0.1, -0.05) is 24.3 Å². The van der Waals surface area contributed by atoms with Gasteiger partial charge in [-0.25, -0.2) is 0 Å². The van der Waals surface area contributed by atoms with Gasteiger partial charge in [0.25, 0.3) is 5.91 Å². The number of fused-ring (bicyclic) bond motifs is 3. The van der Waals surface area contributed by atoms with E-state index in [1.165, 1.54) is 11.1 Å². The molecule has 1 aromatic heterocycles. The van der Waals surface area contributed by atoms with E-state index in [4.69, 9.17) is 4.74 Å². The van der Waals surface area contributed by atoms with Gasteiger partial charge in [-0.15, -0.1) is 0 Å². The first kappa shape index (κ1) is 15.6. The summed E-state index contributed by atoms with van der Waals surface area (Å²) in [7, 11) is 0. The Hall–Kier alpha value is -1.69. The largest absolute Gasteiger partial charge is 0.379 e. The zero-order chi connectivity index (χ0) is 16.8. The molecule has 1 amide bonds. The van der Waals surface area contributed by atoms with Crippen molar-refractivity contribution < 1.29 is 9.53 Å². The monoisotopic (exact) mass is 354 g/mol. The van der Waals surface area contributed by atoms with Crippen molar-refractivity contribution in [3.63, 3.8) is 0 Å². The molecule has 130 valence electrons. The fraction of sp³-hybridized carbons (Fsp3) is 0.450. The first-order valence-corrected chi connectivity index (χ1v) is 9.99. The average Bonchev–Trinajstić information content (AvgIpc) is 3.38. The molecule has 0 unspecified atom stereocenters. The van der Waals surface area contributed by atoms with Gasteiger partial charge in [0.1, 0.15) is 0 Å². The molecule has 1 aliphatic carbocycles. The molecule has 5 rings (SSSR count). The summed E-state index contributed by atoms with van der Waals surface area (Å²) in [6.07, 6.45) is 0. The molecule has 0 saturated carbocycles. The number of likely N-dealkylation sites (tertiary alicyclic amines) is 1. The third-order valence-corrected chi connectivity index (χ3v) is 6.66. The number of carbonyl (C=O) groups is 1. The second-order valence-corrected chi connectivity index (χ2v) is 7.99. The first-order chi connectivity index (χ1) is 12.3. The zero-order valence-corrected chi connectivity index (χ0v) is 15.0. The molecule has 0 radical (unpaired) electrons. The Kier molecular flexibility index (Phi) is 3.88. The van der Waals surface area contributed by atoms with Gasteiger partial charge >= 0.3 is 0 Å². The molecule has 3 aliphatic rings. The minimum absolute atomic E-state index is 0.189. The minimum Gasteiger partial charge on any atom is -0.379 e. The van der Waals surface area contributed by atoms with Crippen molar-refractivity contribution in [2.45, 2.75) is 12.0 Å². The van der Waals surface area contributed by atoms with Crippen LogP contribution in [0, 0.1) is 5.92 Å². The Morgan fingerprint density at radius 3 is 2.64 bits per heavy atom. The number of hydrogen-bond donors (Lipinski definition) is 0. The molecule has 2 saturated heterocycles. The Morgan fingerprint density at radius 2 is 1.88 bits per heavy atom. The maximum absolute atomic E-state index is 12.8. The Balaban J connectivity index is 1.46. The van der Waals surface area contributed by atoms with Crippen LogP contribution in [-0.4, -0.2) is 55.1 Å². The lowest BCUT2D eigenvalue weighted by Crippen LogP contribution is -2.42. The molecule has 2 fully saturated rings. The van der Waals surface area contributed by atoms with E-state index < -0.39 is 0 Å². The summed E-state index contributed by atoms with van der Waals surface area (Å²) in [6.45, 7) is 5.30. The third-order valence-electron chi connectivity index (χ3n) is 5.98. The smallest absolute Gasteiger partial charge is 0.254 e. The van der Waals surface area contributed by atoms with E-state index in [9.17, 15) is 4.79 Å². The summed E-state index contributed by atoms with van der Waals surface area (Å²) >= 11 is 1.59. The fourth-order valence-electron chi connectivity index (χ4n) is 4.88. The van der Waals surface area contributed by atoms with E-state index in [1.54, 1.807) is 11.3 Å². The summed E-state index contributed by atoms with van der Waals surface area (Å²) in [5, 5.41) is 3.94. The van der Waals surface area contributed by atoms with Crippen LogP contribution in [0.15, 0.2) is 41.1 Å². The number of hydrogen-bond acceptors (Lipinski definition) is 4. The van der Waals surface area contributed by atoms with E-state index >= 15 is 0 Å². The van der Waals surface area contributed by atoms with Crippen LogP contribution < -0.4 is 0 Å². The van der Waals surface area contributed by atoms with Crippen LogP contribution in [0.2, 0.25) is 0 Å². The molecular formula is C20H22N2O2S. The summed E-state index contributed by atoms with van der Waals surface area (Å²) in [5.74, 6) is 1.15. The number of thiophene rings is 1. The molecular weight excluding hydrogens is 332 g/mol.